The van der Waals surface area contributed by atoms with Crippen molar-refractivity contribution in [2.75, 3.05) is 42.9 Å². The molecule has 0 aromatic carbocycles. The second kappa shape index (κ2) is 7.31. The molecule has 10 heteroatoms. The van der Waals surface area contributed by atoms with Crippen LogP contribution in [0.15, 0.2) is 23.1 Å². The SMILES string of the molecule is Cc1cc(NC(=O)CCN2CCN(c3ncnc4c3cnn4C)CC2)no1. The largest absolute Gasteiger partial charge is 0.360 e. The van der Waals surface area contributed by atoms with E-state index in [9.17, 15) is 4.79 Å². The van der Waals surface area contributed by atoms with Gasteiger partial charge in [0.15, 0.2) is 11.5 Å². The third-order valence-electron chi connectivity index (χ3n) is 4.73. The van der Waals surface area contributed by atoms with Gasteiger partial charge in [0.1, 0.15) is 17.9 Å². The van der Waals surface area contributed by atoms with Crippen molar-refractivity contribution in [3.8, 4) is 0 Å². The first-order valence-electron chi connectivity index (χ1n) is 8.93. The third kappa shape index (κ3) is 3.75. The highest BCUT2D eigenvalue weighted by molar-refractivity contribution is 5.89. The number of anilines is 2. The van der Waals surface area contributed by atoms with Crippen LogP contribution in [0, 0.1) is 6.92 Å². The second-order valence-electron chi connectivity index (χ2n) is 6.65. The number of fused-ring (bicyclic) bond motifs is 1. The molecule has 142 valence electrons. The molecule has 27 heavy (non-hydrogen) atoms. The number of nitrogens with zero attached hydrogens (tertiary/aromatic N) is 7. The third-order valence-corrected chi connectivity index (χ3v) is 4.73. The molecule has 0 atom stereocenters. The Hall–Kier alpha value is -3.01. The molecule has 0 spiro atoms. The standard InChI is InChI=1S/C17H22N8O2/c1-12-9-14(22-27-12)21-15(26)3-4-24-5-7-25(8-6-24)17-13-10-20-23(2)16(13)18-11-19-17/h9-11H,3-8H2,1-2H3,(H,21,22,26). The van der Waals surface area contributed by atoms with Crippen molar-refractivity contribution in [1.29, 1.82) is 0 Å². The van der Waals surface area contributed by atoms with Gasteiger partial charge in [-0.2, -0.15) is 5.10 Å². The van der Waals surface area contributed by atoms with E-state index in [0.717, 1.165) is 43.0 Å². The van der Waals surface area contributed by atoms with E-state index in [4.69, 9.17) is 4.52 Å². The quantitative estimate of drug-likeness (QED) is 0.703. The minimum Gasteiger partial charge on any atom is -0.360 e. The lowest BCUT2D eigenvalue weighted by Crippen LogP contribution is -2.47. The maximum absolute atomic E-state index is 12.0. The molecule has 1 saturated heterocycles. The van der Waals surface area contributed by atoms with Crippen LogP contribution in [0.1, 0.15) is 12.2 Å². The van der Waals surface area contributed by atoms with Gasteiger partial charge < -0.3 is 14.7 Å². The van der Waals surface area contributed by atoms with E-state index in [2.05, 4.69) is 35.3 Å². The van der Waals surface area contributed by atoms with E-state index >= 15 is 0 Å². The fourth-order valence-corrected chi connectivity index (χ4v) is 3.28. The van der Waals surface area contributed by atoms with Crippen LogP contribution < -0.4 is 10.2 Å². The summed E-state index contributed by atoms with van der Waals surface area (Å²) in [6.07, 6.45) is 3.82. The molecule has 10 nitrogen and oxygen atoms in total. The molecule has 1 aliphatic heterocycles. The number of nitrogens with one attached hydrogen (secondary N) is 1. The van der Waals surface area contributed by atoms with Crippen LogP contribution >= 0.6 is 0 Å². The van der Waals surface area contributed by atoms with Gasteiger partial charge in [0, 0.05) is 52.3 Å². The zero-order valence-electron chi connectivity index (χ0n) is 15.4. The number of piperazine rings is 1. The molecular formula is C17H22N8O2. The summed E-state index contributed by atoms with van der Waals surface area (Å²) in [5.41, 5.74) is 0.835. The van der Waals surface area contributed by atoms with Gasteiger partial charge in [0.05, 0.1) is 11.6 Å². The number of aromatic nitrogens is 5. The van der Waals surface area contributed by atoms with E-state index in [1.54, 1.807) is 24.0 Å². The Kier molecular flexibility index (Phi) is 4.71. The molecule has 0 bridgehead atoms. The van der Waals surface area contributed by atoms with Gasteiger partial charge in [-0.05, 0) is 6.92 Å². The molecule has 3 aromatic rings. The minimum atomic E-state index is -0.0569. The molecule has 0 unspecified atom stereocenters. The van der Waals surface area contributed by atoms with Crippen molar-refractivity contribution in [2.24, 2.45) is 7.05 Å². The van der Waals surface area contributed by atoms with Gasteiger partial charge in [0.25, 0.3) is 0 Å². The maximum atomic E-state index is 12.0. The van der Waals surface area contributed by atoms with Crippen molar-refractivity contribution < 1.29 is 9.32 Å². The first-order valence-corrected chi connectivity index (χ1v) is 8.93. The zero-order valence-corrected chi connectivity index (χ0v) is 15.4. The molecule has 0 saturated carbocycles. The normalized spacial score (nSPS) is 15.4. The van der Waals surface area contributed by atoms with E-state index in [1.807, 2.05) is 13.2 Å². The van der Waals surface area contributed by atoms with Crippen LogP contribution in [0.5, 0.6) is 0 Å². The van der Waals surface area contributed by atoms with Gasteiger partial charge in [-0.15, -0.1) is 0 Å². The fourth-order valence-electron chi connectivity index (χ4n) is 3.28. The number of hydrogen-bond donors (Lipinski definition) is 1. The highest BCUT2D eigenvalue weighted by Crippen LogP contribution is 2.23. The molecule has 1 fully saturated rings. The van der Waals surface area contributed by atoms with Crippen molar-refractivity contribution in [1.82, 2.24) is 29.8 Å². The molecule has 1 N–H and O–H groups in total. The van der Waals surface area contributed by atoms with Crippen LogP contribution in [0.3, 0.4) is 0 Å². The number of aryl methyl sites for hydroxylation is 2. The van der Waals surface area contributed by atoms with Crippen LogP contribution in [-0.2, 0) is 11.8 Å². The molecule has 0 aliphatic carbocycles. The molecule has 0 radical (unpaired) electrons. The summed E-state index contributed by atoms with van der Waals surface area (Å²) in [7, 11) is 1.88. The van der Waals surface area contributed by atoms with Gasteiger partial charge in [-0.25, -0.2) is 9.97 Å². The highest BCUT2D eigenvalue weighted by Gasteiger charge is 2.21. The number of carbonyl (C=O) groups excluding carboxylic acids is 1. The summed E-state index contributed by atoms with van der Waals surface area (Å²) >= 11 is 0. The van der Waals surface area contributed by atoms with E-state index in [1.165, 1.54) is 0 Å². The average Bonchev–Trinajstić information content (AvgIpc) is 3.26. The van der Waals surface area contributed by atoms with Gasteiger partial charge in [-0.3, -0.25) is 14.4 Å². The zero-order chi connectivity index (χ0) is 18.8. The molecular weight excluding hydrogens is 348 g/mol. The Labute approximate surface area is 156 Å². The monoisotopic (exact) mass is 370 g/mol. The van der Waals surface area contributed by atoms with Crippen LogP contribution in [0.2, 0.25) is 0 Å². The predicted molar refractivity (Wildman–Crippen MR) is 99.4 cm³/mol. The Morgan fingerprint density at radius 3 is 2.81 bits per heavy atom. The summed E-state index contributed by atoms with van der Waals surface area (Å²) in [5, 5.41) is 11.8. The highest BCUT2D eigenvalue weighted by atomic mass is 16.5. The summed E-state index contributed by atoms with van der Waals surface area (Å²) in [6, 6.07) is 1.71. The van der Waals surface area contributed by atoms with Gasteiger partial charge >= 0.3 is 0 Å². The number of rotatable bonds is 5. The van der Waals surface area contributed by atoms with Gasteiger partial charge in [0.2, 0.25) is 5.91 Å². The Morgan fingerprint density at radius 1 is 1.26 bits per heavy atom. The number of carbonyl (C=O) groups is 1. The Balaban J connectivity index is 1.29. The van der Waals surface area contributed by atoms with Crippen molar-refractivity contribution in [3.63, 3.8) is 0 Å². The number of hydrogen-bond acceptors (Lipinski definition) is 8. The van der Waals surface area contributed by atoms with E-state index in [-0.39, 0.29) is 5.91 Å². The van der Waals surface area contributed by atoms with Crippen molar-refractivity contribution in [2.45, 2.75) is 13.3 Å². The van der Waals surface area contributed by atoms with Crippen molar-refractivity contribution in [3.05, 3.63) is 24.4 Å². The summed E-state index contributed by atoms with van der Waals surface area (Å²) in [5.74, 6) is 2.01. The topological polar surface area (TPSA) is 105 Å². The lowest BCUT2D eigenvalue weighted by molar-refractivity contribution is -0.116. The lowest BCUT2D eigenvalue weighted by atomic mass is 10.2. The first-order chi connectivity index (χ1) is 13.1. The smallest absolute Gasteiger partial charge is 0.226 e. The van der Waals surface area contributed by atoms with Crippen LogP contribution in [0.4, 0.5) is 11.6 Å². The van der Waals surface area contributed by atoms with E-state index in [0.29, 0.717) is 24.5 Å². The Morgan fingerprint density at radius 2 is 2.07 bits per heavy atom. The minimum absolute atomic E-state index is 0.0569. The second-order valence-corrected chi connectivity index (χ2v) is 6.65. The average molecular weight is 370 g/mol. The Bertz CT molecular complexity index is 941. The summed E-state index contributed by atoms with van der Waals surface area (Å²) in [6.45, 7) is 5.96. The maximum Gasteiger partial charge on any atom is 0.226 e. The summed E-state index contributed by atoms with van der Waals surface area (Å²) in [4.78, 5) is 25.3. The van der Waals surface area contributed by atoms with Crippen LogP contribution in [0.25, 0.3) is 11.0 Å². The molecule has 1 aliphatic rings. The predicted octanol–water partition coefficient (Wildman–Crippen LogP) is 0.811. The fraction of sp³-hybridized carbons (Fsp3) is 0.471. The van der Waals surface area contributed by atoms with Crippen molar-refractivity contribution >= 4 is 28.6 Å². The summed E-state index contributed by atoms with van der Waals surface area (Å²) < 4.78 is 6.70. The molecule has 1 amide bonds. The van der Waals surface area contributed by atoms with Crippen LogP contribution in [-0.4, -0.2) is 68.4 Å². The lowest BCUT2D eigenvalue weighted by Gasteiger charge is -2.35. The van der Waals surface area contributed by atoms with Gasteiger partial charge in [-0.1, -0.05) is 5.16 Å². The molecule has 3 aromatic heterocycles. The number of amides is 1. The van der Waals surface area contributed by atoms with E-state index < -0.39 is 0 Å². The molecule has 4 rings (SSSR count). The first kappa shape index (κ1) is 17.4. The molecule has 4 heterocycles.